The molecule has 0 amide bonds. The Morgan fingerprint density at radius 2 is 2.16 bits per heavy atom. The minimum absolute atomic E-state index is 0.0639. The van der Waals surface area contributed by atoms with Gasteiger partial charge < -0.3 is 15.0 Å². The molecule has 1 aromatic heterocycles. The van der Waals surface area contributed by atoms with Crippen LogP contribution >= 0.6 is 0 Å². The molecule has 6 heteroatoms. The Morgan fingerprint density at radius 1 is 1.47 bits per heavy atom. The molecule has 1 aliphatic rings. The molecule has 0 saturated heterocycles. The molecule has 0 radical (unpaired) electrons. The minimum atomic E-state index is -0.0639. The Hall–Kier alpha value is -0.980. The van der Waals surface area contributed by atoms with Crippen molar-refractivity contribution in [2.45, 2.75) is 51.9 Å². The van der Waals surface area contributed by atoms with Crippen molar-refractivity contribution in [3.63, 3.8) is 0 Å². The van der Waals surface area contributed by atoms with Crippen molar-refractivity contribution in [2.24, 2.45) is 11.1 Å². The van der Waals surface area contributed by atoms with E-state index in [4.69, 9.17) is 15.0 Å². The fourth-order valence-corrected chi connectivity index (χ4v) is 2.93. The number of nitrogens with zero attached hydrogens (tertiary/aromatic N) is 3. The summed E-state index contributed by atoms with van der Waals surface area (Å²) in [5, 5.41) is 3.93. The number of hydrogen-bond donors (Lipinski definition) is 1. The third-order valence-corrected chi connectivity index (χ3v) is 4.84. The maximum atomic E-state index is 5.65. The molecule has 1 fully saturated rings. The lowest BCUT2D eigenvalue weighted by Gasteiger charge is -2.61. The van der Waals surface area contributed by atoms with Crippen LogP contribution in [0.1, 0.15) is 38.9 Å². The van der Waals surface area contributed by atoms with Crippen molar-refractivity contribution >= 4 is 0 Å². The summed E-state index contributed by atoms with van der Waals surface area (Å²) in [6.45, 7) is 7.59. The van der Waals surface area contributed by atoms with Gasteiger partial charge in [-0.3, -0.25) is 4.90 Å². The molecule has 0 bridgehead atoms. The second-order valence-electron chi connectivity index (χ2n) is 6.10. The molecule has 108 valence electrons. The van der Waals surface area contributed by atoms with Crippen LogP contribution in [0.2, 0.25) is 0 Å². The van der Waals surface area contributed by atoms with Gasteiger partial charge in [-0.2, -0.15) is 4.98 Å². The lowest BCUT2D eigenvalue weighted by Crippen LogP contribution is -2.67. The predicted molar refractivity (Wildman–Crippen MR) is 71.3 cm³/mol. The van der Waals surface area contributed by atoms with E-state index in [1.54, 1.807) is 7.11 Å². The number of hydrogen-bond acceptors (Lipinski definition) is 6. The average molecular weight is 268 g/mol. The smallest absolute Gasteiger partial charge is 0.240 e. The molecule has 2 atom stereocenters. The second kappa shape index (κ2) is 4.85. The van der Waals surface area contributed by atoms with E-state index in [1.165, 1.54) is 0 Å². The van der Waals surface area contributed by atoms with Gasteiger partial charge in [0.05, 0.1) is 18.7 Å². The first-order valence-electron chi connectivity index (χ1n) is 6.61. The first-order chi connectivity index (χ1) is 8.84. The van der Waals surface area contributed by atoms with Crippen LogP contribution in [-0.4, -0.2) is 40.8 Å². The van der Waals surface area contributed by atoms with E-state index < -0.39 is 0 Å². The molecule has 2 N–H and O–H groups in total. The number of aromatic nitrogens is 2. The zero-order valence-corrected chi connectivity index (χ0v) is 12.4. The predicted octanol–water partition coefficient (Wildman–Crippen LogP) is 1.16. The van der Waals surface area contributed by atoms with Crippen LogP contribution in [-0.2, 0) is 17.8 Å². The average Bonchev–Trinajstić information content (AvgIpc) is 2.82. The molecule has 1 aromatic rings. The topological polar surface area (TPSA) is 77.4 Å². The zero-order chi connectivity index (χ0) is 14.3. The molecule has 1 heterocycles. The van der Waals surface area contributed by atoms with Gasteiger partial charge in [0.15, 0.2) is 5.82 Å². The second-order valence-corrected chi connectivity index (χ2v) is 6.10. The maximum Gasteiger partial charge on any atom is 0.240 e. The molecule has 1 saturated carbocycles. The lowest BCUT2D eigenvalue weighted by molar-refractivity contribution is -0.207. The van der Waals surface area contributed by atoms with E-state index in [9.17, 15) is 0 Å². The van der Waals surface area contributed by atoms with Crippen LogP contribution in [0.4, 0.5) is 0 Å². The maximum absolute atomic E-state index is 5.65. The van der Waals surface area contributed by atoms with Gasteiger partial charge in [0, 0.05) is 18.6 Å². The summed E-state index contributed by atoms with van der Waals surface area (Å²) in [4.78, 5) is 6.49. The third-order valence-electron chi connectivity index (χ3n) is 4.84. The third kappa shape index (κ3) is 2.28. The van der Waals surface area contributed by atoms with Gasteiger partial charge >= 0.3 is 0 Å². The van der Waals surface area contributed by atoms with Crippen molar-refractivity contribution in [1.82, 2.24) is 15.0 Å². The summed E-state index contributed by atoms with van der Waals surface area (Å²) in [6.07, 6.45) is 1.01. The van der Waals surface area contributed by atoms with E-state index in [1.807, 2.05) is 0 Å². The van der Waals surface area contributed by atoms with Gasteiger partial charge in [-0.15, -0.1) is 0 Å². The fourth-order valence-electron chi connectivity index (χ4n) is 2.93. The van der Waals surface area contributed by atoms with Crippen LogP contribution in [0, 0.1) is 5.41 Å². The van der Waals surface area contributed by atoms with Crippen LogP contribution in [0.15, 0.2) is 4.52 Å². The number of nitrogens with two attached hydrogens (primary N) is 1. The zero-order valence-electron chi connectivity index (χ0n) is 12.4. The van der Waals surface area contributed by atoms with Gasteiger partial charge in [-0.1, -0.05) is 19.0 Å². The molecule has 6 nitrogen and oxygen atoms in total. The minimum Gasteiger partial charge on any atom is -0.378 e. The van der Waals surface area contributed by atoms with Gasteiger partial charge in [-0.05, 0) is 20.4 Å². The first-order valence-corrected chi connectivity index (χ1v) is 6.61. The molecule has 0 aliphatic heterocycles. The summed E-state index contributed by atoms with van der Waals surface area (Å²) in [5.74, 6) is 1.17. The Labute approximate surface area is 114 Å². The molecular weight excluding hydrogens is 244 g/mol. The summed E-state index contributed by atoms with van der Waals surface area (Å²) in [5.41, 5.74) is 5.49. The fraction of sp³-hybridized carbons (Fsp3) is 0.846. The normalized spacial score (nSPS) is 29.5. The van der Waals surface area contributed by atoms with Crippen LogP contribution in [0.25, 0.3) is 0 Å². The standard InChI is InChI=1S/C13H24N4O2/c1-12(2)9(6-13(12,3)18-5)17(4)8-10-15-11(7-14)19-16-10/h9H,6-8,14H2,1-5H3. The highest BCUT2D eigenvalue weighted by Crippen LogP contribution is 2.53. The highest BCUT2D eigenvalue weighted by molar-refractivity contribution is 5.11. The van der Waals surface area contributed by atoms with Crippen molar-refractivity contribution in [3.05, 3.63) is 11.7 Å². The van der Waals surface area contributed by atoms with E-state index in [0.717, 1.165) is 6.42 Å². The highest BCUT2D eigenvalue weighted by Gasteiger charge is 2.58. The SMILES string of the molecule is COC1(C)CC(N(C)Cc2noc(CN)n2)C1(C)C. The largest absolute Gasteiger partial charge is 0.378 e. The Morgan fingerprint density at radius 3 is 2.63 bits per heavy atom. The quantitative estimate of drug-likeness (QED) is 0.863. The van der Waals surface area contributed by atoms with Gasteiger partial charge in [0.2, 0.25) is 5.89 Å². The molecule has 0 aromatic carbocycles. The van der Waals surface area contributed by atoms with Gasteiger partial charge in [0.25, 0.3) is 0 Å². The summed E-state index contributed by atoms with van der Waals surface area (Å²) < 4.78 is 10.7. The Bertz CT molecular complexity index is 446. The highest BCUT2D eigenvalue weighted by atomic mass is 16.5. The van der Waals surface area contributed by atoms with E-state index in [2.05, 4.69) is 42.9 Å². The lowest BCUT2D eigenvalue weighted by atomic mass is 9.55. The van der Waals surface area contributed by atoms with E-state index >= 15 is 0 Å². The Kier molecular flexibility index (Phi) is 3.68. The Balaban J connectivity index is 2.00. The summed E-state index contributed by atoms with van der Waals surface area (Å²) in [7, 11) is 3.87. The van der Waals surface area contributed by atoms with E-state index in [-0.39, 0.29) is 17.6 Å². The molecule has 2 unspecified atom stereocenters. The van der Waals surface area contributed by atoms with Crippen LogP contribution in [0.3, 0.4) is 0 Å². The van der Waals surface area contributed by atoms with Gasteiger partial charge in [0.1, 0.15) is 0 Å². The van der Waals surface area contributed by atoms with Crippen molar-refractivity contribution in [3.8, 4) is 0 Å². The molecule has 1 aliphatic carbocycles. The molecule has 19 heavy (non-hydrogen) atoms. The van der Waals surface area contributed by atoms with Crippen LogP contribution < -0.4 is 5.73 Å². The molecule has 0 spiro atoms. The van der Waals surface area contributed by atoms with Gasteiger partial charge in [-0.25, -0.2) is 0 Å². The monoisotopic (exact) mass is 268 g/mol. The van der Waals surface area contributed by atoms with Crippen molar-refractivity contribution in [2.75, 3.05) is 14.2 Å². The molecule has 2 rings (SSSR count). The number of rotatable bonds is 5. The number of methoxy groups -OCH3 is 1. The van der Waals surface area contributed by atoms with Crippen LogP contribution in [0.5, 0.6) is 0 Å². The van der Waals surface area contributed by atoms with Crippen molar-refractivity contribution < 1.29 is 9.26 Å². The van der Waals surface area contributed by atoms with Crippen molar-refractivity contribution in [1.29, 1.82) is 0 Å². The summed E-state index contributed by atoms with van der Waals surface area (Å²) in [6, 6.07) is 0.442. The number of ether oxygens (including phenoxy) is 1. The summed E-state index contributed by atoms with van der Waals surface area (Å²) >= 11 is 0. The van der Waals surface area contributed by atoms with E-state index in [0.29, 0.717) is 24.3 Å². The molecular formula is C13H24N4O2. The first kappa shape index (κ1) is 14.4.